The smallest absolute Gasteiger partial charge is 0.270 e. The second-order valence-corrected chi connectivity index (χ2v) is 6.04. The molecule has 26 heavy (non-hydrogen) atoms. The first-order valence-corrected chi connectivity index (χ1v) is 8.29. The van der Waals surface area contributed by atoms with E-state index in [1.165, 1.54) is 0 Å². The second kappa shape index (κ2) is 8.11. The van der Waals surface area contributed by atoms with Crippen molar-refractivity contribution in [3.05, 3.63) is 78.4 Å². The van der Waals surface area contributed by atoms with E-state index in [1.54, 1.807) is 24.7 Å². The third kappa shape index (κ3) is 4.57. The third-order valence-electron chi connectivity index (χ3n) is 3.87. The molecule has 0 saturated carbocycles. The zero-order chi connectivity index (χ0) is 18.4. The summed E-state index contributed by atoms with van der Waals surface area (Å²) >= 11 is 0. The first-order valence-electron chi connectivity index (χ1n) is 8.29. The lowest BCUT2D eigenvalue weighted by atomic mass is 10.2. The van der Waals surface area contributed by atoms with Crippen molar-refractivity contribution in [3.8, 4) is 0 Å². The minimum Gasteiger partial charge on any atom is -0.378 e. The van der Waals surface area contributed by atoms with Gasteiger partial charge < -0.3 is 15.5 Å². The summed E-state index contributed by atoms with van der Waals surface area (Å²) in [5.74, 6) is -0.205. The van der Waals surface area contributed by atoms with Crippen molar-refractivity contribution in [1.82, 2.24) is 15.3 Å². The summed E-state index contributed by atoms with van der Waals surface area (Å²) in [6.07, 6.45) is 5.05. The quantitative estimate of drug-likeness (QED) is 0.716. The highest BCUT2D eigenvalue weighted by Gasteiger charge is 2.07. The van der Waals surface area contributed by atoms with Crippen molar-refractivity contribution in [3.63, 3.8) is 0 Å². The van der Waals surface area contributed by atoms with Gasteiger partial charge in [0.15, 0.2) is 0 Å². The molecule has 6 heteroatoms. The second-order valence-electron chi connectivity index (χ2n) is 6.04. The first kappa shape index (κ1) is 17.4. The lowest BCUT2D eigenvalue weighted by Crippen LogP contribution is -2.23. The van der Waals surface area contributed by atoms with E-state index in [-0.39, 0.29) is 5.91 Å². The molecule has 2 aromatic heterocycles. The van der Waals surface area contributed by atoms with E-state index >= 15 is 0 Å². The summed E-state index contributed by atoms with van der Waals surface area (Å²) in [5, 5.41) is 6.12. The van der Waals surface area contributed by atoms with Gasteiger partial charge in [0, 0.05) is 44.4 Å². The molecule has 0 saturated heterocycles. The maximum Gasteiger partial charge on any atom is 0.270 e. The number of anilines is 3. The number of amides is 1. The van der Waals surface area contributed by atoms with Gasteiger partial charge in [-0.25, -0.2) is 4.98 Å². The van der Waals surface area contributed by atoms with Gasteiger partial charge in [0.05, 0.1) is 11.9 Å². The number of carbonyl (C=O) groups is 1. The van der Waals surface area contributed by atoms with E-state index in [0.29, 0.717) is 12.2 Å². The molecule has 0 spiro atoms. The van der Waals surface area contributed by atoms with Gasteiger partial charge >= 0.3 is 0 Å². The molecule has 6 nitrogen and oxygen atoms in total. The Kier molecular flexibility index (Phi) is 5.43. The standard InChI is InChI=1S/C20H21N5O/c1-25(2)18-6-3-16(4-7-18)24-17-5-8-19(22-14-17)20(26)23-13-15-9-11-21-12-10-15/h3-12,14,24H,13H2,1-2H3,(H,23,26). The van der Waals surface area contributed by atoms with Gasteiger partial charge in [-0.3, -0.25) is 9.78 Å². The lowest BCUT2D eigenvalue weighted by Gasteiger charge is -2.13. The number of carbonyl (C=O) groups excluding carboxylic acids is 1. The van der Waals surface area contributed by atoms with Crippen LogP contribution in [0.1, 0.15) is 16.1 Å². The minimum atomic E-state index is -0.205. The minimum absolute atomic E-state index is 0.205. The van der Waals surface area contributed by atoms with Crippen LogP contribution in [0.3, 0.4) is 0 Å². The highest BCUT2D eigenvalue weighted by molar-refractivity contribution is 5.92. The molecule has 0 aliphatic heterocycles. The number of benzene rings is 1. The van der Waals surface area contributed by atoms with Crippen molar-refractivity contribution < 1.29 is 4.79 Å². The van der Waals surface area contributed by atoms with Crippen LogP contribution in [0.25, 0.3) is 0 Å². The normalized spacial score (nSPS) is 10.2. The number of nitrogens with zero attached hydrogens (tertiary/aromatic N) is 3. The van der Waals surface area contributed by atoms with Crippen molar-refractivity contribution in [1.29, 1.82) is 0 Å². The number of pyridine rings is 2. The largest absolute Gasteiger partial charge is 0.378 e. The zero-order valence-corrected chi connectivity index (χ0v) is 14.8. The van der Waals surface area contributed by atoms with Gasteiger partial charge in [-0.2, -0.15) is 0 Å². The van der Waals surface area contributed by atoms with Crippen LogP contribution in [-0.2, 0) is 6.54 Å². The van der Waals surface area contributed by atoms with Gasteiger partial charge in [0.2, 0.25) is 0 Å². The zero-order valence-electron chi connectivity index (χ0n) is 14.8. The molecule has 0 atom stereocenters. The Bertz CT molecular complexity index is 846. The van der Waals surface area contributed by atoms with E-state index in [0.717, 1.165) is 22.6 Å². The molecule has 2 heterocycles. The van der Waals surface area contributed by atoms with Crippen LogP contribution >= 0.6 is 0 Å². The Hall–Kier alpha value is -3.41. The fourth-order valence-electron chi connectivity index (χ4n) is 2.39. The Morgan fingerprint density at radius 3 is 2.27 bits per heavy atom. The van der Waals surface area contributed by atoms with Crippen molar-refractivity contribution in [2.24, 2.45) is 0 Å². The molecule has 1 aromatic carbocycles. The van der Waals surface area contributed by atoms with E-state index in [4.69, 9.17) is 0 Å². The third-order valence-corrected chi connectivity index (χ3v) is 3.87. The van der Waals surface area contributed by atoms with Crippen LogP contribution in [0.4, 0.5) is 17.1 Å². The highest BCUT2D eigenvalue weighted by atomic mass is 16.1. The predicted octanol–water partition coefficient (Wildman–Crippen LogP) is 3.22. The Balaban J connectivity index is 1.58. The van der Waals surface area contributed by atoms with Crippen LogP contribution in [0.2, 0.25) is 0 Å². The van der Waals surface area contributed by atoms with E-state index in [2.05, 4.69) is 20.6 Å². The SMILES string of the molecule is CN(C)c1ccc(Nc2ccc(C(=O)NCc3ccncc3)nc2)cc1. The molecule has 3 aromatic rings. The van der Waals surface area contributed by atoms with Crippen molar-refractivity contribution in [2.45, 2.75) is 6.54 Å². The van der Waals surface area contributed by atoms with Gasteiger partial charge in [-0.1, -0.05) is 0 Å². The molecule has 132 valence electrons. The molecule has 0 aliphatic carbocycles. The molecule has 0 bridgehead atoms. The van der Waals surface area contributed by atoms with Gasteiger partial charge in [0.25, 0.3) is 5.91 Å². The Labute approximate surface area is 152 Å². The Morgan fingerprint density at radius 2 is 1.65 bits per heavy atom. The van der Waals surface area contributed by atoms with E-state index in [1.807, 2.05) is 61.5 Å². The summed E-state index contributed by atoms with van der Waals surface area (Å²) < 4.78 is 0. The van der Waals surface area contributed by atoms with E-state index in [9.17, 15) is 4.79 Å². The summed E-state index contributed by atoms with van der Waals surface area (Å²) in [7, 11) is 4.01. The van der Waals surface area contributed by atoms with Gasteiger partial charge in [-0.05, 0) is 54.1 Å². The molecule has 2 N–H and O–H groups in total. The number of nitrogens with one attached hydrogen (secondary N) is 2. The molecular weight excluding hydrogens is 326 g/mol. The van der Waals surface area contributed by atoms with Crippen LogP contribution in [0.15, 0.2) is 67.1 Å². The summed E-state index contributed by atoms with van der Waals surface area (Å²) in [6, 6.07) is 15.4. The monoisotopic (exact) mass is 347 g/mol. The highest BCUT2D eigenvalue weighted by Crippen LogP contribution is 2.19. The number of rotatable bonds is 6. The number of aromatic nitrogens is 2. The maximum atomic E-state index is 12.2. The van der Waals surface area contributed by atoms with Crippen molar-refractivity contribution in [2.75, 3.05) is 24.3 Å². The van der Waals surface area contributed by atoms with Crippen LogP contribution in [-0.4, -0.2) is 30.0 Å². The van der Waals surface area contributed by atoms with Crippen LogP contribution in [0.5, 0.6) is 0 Å². The molecular formula is C20H21N5O. The molecule has 0 fully saturated rings. The average Bonchev–Trinajstić information content (AvgIpc) is 2.68. The number of hydrogen-bond donors (Lipinski definition) is 2. The summed E-state index contributed by atoms with van der Waals surface area (Å²) in [6.45, 7) is 0.446. The molecule has 0 radical (unpaired) electrons. The molecule has 3 rings (SSSR count). The summed E-state index contributed by atoms with van der Waals surface area (Å²) in [5.41, 5.74) is 4.30. The van der Waals surface area contributed by atoms with Gasteiger partial charge in [-0.15, -0.1) is 0 Å². The number of hydrogen-bond acceptors (Lipinski definition) is 5. The Morgan fingerprint density at radius 1 is 0.962 bits per heavy atom. The average molecular weight is 347 g/mol. The van der Waals surface area contributed by atoms with Crippen molar-refractivity contribution >= 4 is 23.0 Å². The van der Waals surface area contributed by atoms with Gasteiger partial charge in [0.1, 0.15) is 5.69 Å². The first-order chi connectivity index (χ1) is 12.6. The van der Waals surface area contributed by atoms with Crippen LogP contribution in [0, 0.1) is 0 Å². The maximum absolute atomic E-state index is 12.2. The molecule has 0 unspecified atom stereocenters. The predicted molar refractivity (Wildman–Crippen MR) is 104 cm³/mol. The molecule has 0 aliphatic rings. The van der Waals surface area contributed by atoms with Crippen LogP contribution < -0.4 is 15.5 Å². The lowest BCUT2D eigenvalue weighted by molar-refractivity contribution is 0.0946. The van der Waals surface area contributed by atoms with E-state index < -0.39 is 0 Å². The fourth-order valence-corrected chi connectivity index (χ4v) is 2.39. The topological polar surface area (TPSA) is 70.2 Å². The summed E-state index contributed by atoms with van der Waals surface area (Å²) in [4.78, 5) is 22.4. The fraction of sp³-hybridized carbons (Fsp3) is 0.150. The molecule has 1 amide bonds.